The minimum absolute atomic E-state index is 0.132. The van der Waals surface area contributed by atoms with Gasteiger partial charge in [-0.3, -0.25) is 4.79 Å². The molecule has 1 saturated carbocycles. The molecule has 2 aliphatic rings. The van der Waals surface area contributed by atoms with Gasteiger partial charge in [0.2, 0.25) is 0 Å². The van der Waals surface area contributed by atoms with Gasteiger partial charge in [-0.1, -0.05) is 18.2 Å². The van der Waals surface area contributed by atoms with Crippen molar-refractivity contribution in [3.05, 3.63) is 34.6 Å². The van der Waals surface area contributed by atoms with E-state index >= 15 is 0 Å². The molecule has 4 rings (SSSR count). The fourth-order valence-corrected chi connectivity index (χ4v) is 4.29. The van der Waals surface area contributed by atoms with E-state index in [1.807, 2.05) is 19.2 Å². The van der Waals surface area contributed by atoms with Gasteiger partial charge in [0.15, 0.2) is 0 Å². The Hall–Kier alpha value is -1.42. The number of hydrogen-bond acceptors (Lipinski definition) is 3. The molecule has 1 aromatic heterocycles. The van der Waals surface area contributed by atoms with Crippen molar-refractivity contribution in [1.29, 1.82) is 0 Å². The molecule has 2 aromatic rings. The van der Waals surface area contributed by atoms with Crippen LogP contribution < -0.4 is 10.9 Å². The summed E-state index contributed by atoms with van der Waals surface area (Å²) in [6, 6.07) is 8.74. The van der Waals surface area contributed by atoms with Crippen molar-refractivity contribution in [2.24, 2.45) is 13.0 Å². The van der Waals surface area contributed by atoms with Gasteiger partial charge in [-0.2, -0.15) is 0 Å². The molecule has 20 heavy (non-hydrogen) atoms. The largest absolute Gasteiger partial charge is 0.380 e. The lowest BCUT2D eigenvalue weighted by Gasteiger charge is -2.19. The molecule has 0 spiro atoms. The fourth-order valence-electron chi connectivity index (χ4n) is 3.14. The number of aryl methyl sites for hydroxylation is 1. The van der Waals surface area contributed by atoms with Crippen LogP contribution in [-0.2, 0) is 7.05 Å². The van der Waals surface area contributed by atoms with E-state index in [9.17, 15) is 4.79 Å². The van der Waals surface area contributed by atoms with Gasteiger partial charge in [0, 0.05) is 24.2 Å². The van der Waals surface area contributed by atoms with Crippen LogP contribution in [0.25, 0.3) is 10.9 Å². The van der Waals surface area contributed by atoms with E-state index < -0.39 is 0 Å². The van der Waals surface area contributed by atoms with Gasteiger partial charge in [0.25, 0.3) is 5.56 Å². The van der Waals surface area contributed by atoms with E-state index in [1.54, 1.807) is 16.3 Å². The second kappa shape index (κ2) is 4.55. The van der Waals surface area contributed by atoms with Crippen molar-refractivity contribution >= 4 is 28.4 Å². The molecule has 1 atom stereocenters. The number of pyridine rings is 1. The van der Waals surface area contributed by atoms with Crippen LogP contribution in [0.15, 0.2) is 34.0 Å². The van der Waals surface area contributed by atoms with Crippen LogP contribution >= 0.6 is 11.8 Å². The predicted molar refractivity (Wildman–Crippen MR) is 84.7 cm³/mol. The smallest absolute Gasteiger partial charge is 0.266 e. The van der Waals surface area contributed by atoms with Crippen molar-refractivity contribution in [1.82, 2.24) is 4.57 Å². The number of fused-ring (bicyclic) bond motifs is 3. The van der Waals surface area contributed by atoms with Crippen LogP contribution in [0.5, 0.6) is 0 Å². The molecule has 1 N–H and O–H groups in total. The number of aromatic nitrogens is 1. The molecule has 4 heteroatoms. The lowest BCUT2D eigenvalue weighted by atomic mass is 10.1. The third kappa shape index (κ3) is 1.85. The van der Waals surface area contributed by atoms with Gasteiger partial charge < -0.3 is 9.88 Å². The summed E-state index contributed by atoms with van der Waals surface area (Å²) in [6.45, 7) is 0. The zero-order chi connectivity index (χ0) is 13.7. The van der Waals surface area contributed by atoms with E-state index in [4.69, 9.17) is 0 Å². The SMILES string of the molecule is Cn1c(=O)c2c(c3ccccc31)NC(C1CC1)CCS2. The summed E-state index contributed by atoms with van der Waals surface area (Å²) in [5.41, 5.74) is 2.22. The summed E-state index contributed by atoms with van der Waals surface area (Å²) in [4.78, 5) is 13.5. The number of nitrogens with zero attached hydrogens (tertiary/aromatic N) is 1. The highest BCUT2D eigenvalue weighted by molar-refractivity contribution is 7.99. The number of para-hydroxylation sites is 1. The second-order valence-corrected chi connectivity index (χ2v) is 6.92. The summed E-state index contributed by atoms with van der Waals surface area (Å²) < 4.78 is 1.78. The Morgan fingerprint density at radius 2 is 2.05 bits per heavy atom. The topological polar surface area (TPSA) is 34.0 Å². The van der Waals surface area contributed by atoms with Gasteiger partial charge >= 0.3 is 0 Å². The first kappa shape index (κ1) is 12.3. The third-order valence-electron chi connectivity index (χ3n) is 4.46. The van der Waals surface area contributed by atoms with Crippen LogP contribution in [0.3, 0.4) is 0 Å². The average Bonchev–Trinajstić information content (AvgIpc) is 3.29. The Labute approximate surface area is 122 Å². The molecule has 1 unspecified atom stereocenters. The number of anilines is 1. The van der Waals surface area contributed by atoms with Crippen molar-refractivity contribution in [3.8, 4) is 0 Å². The van der Waals surface area contributed by atoms with E-state index in [0.717, 1.165) is 34.2 Å². The summed E-state index contributed by atoms with van der Waals surface area (Å²) >= 11 is 1.72. The summed E-state index contributed by atoms with van der Waals surface area (Å²) in [7, 11) is 1.87. The monoisotopic (exact) mass is 286 g/mol. The van der Waals surface area contributed by atoms with Crippen LogP contribution in [0, 0.1) is 5.92 Å². The second-order valence-electron chi connectivity index (χ2n) is 5.81. The molecule has 2 heterocycles. The normalized spacial score (nSPS) is 22.1. The Morgan fingerprint density at radius 3 is 2.85 bits per heavy atom. The Bertz CT molecular complexity index is 733. The standard InChI is InChI=1S/C16H18N2OS/c1-18-13-5-3-2-4-11(13)14-15(16(18)19)20-9-8-12(17-14)10-6-7-10/h2-5,10,12,17H,6-9H2,1H3. The first-order chi connectivity index (χ1) is 9.75. The maximum Gasteiger partial charge on any atom is 0.266 e. The summed E-state index contributed by atoms with van der Waals surface area (Å²) in [5, 5.41) is 4.87. The highest BCUT2D eigenvalue weighted by Crippen LogP contribution is 2.41. The van der Waals surface area contributed by atoms with Gasteiger partial charge in [0.1, 0.15) is 0 Å². The minimum atomic E-state index is 0.132. The Morgan fingerprint density at radius 1 is 1.25 bits per heavy atom. The third-order valence-corrected chi connectivity index (χ3v) is 5.56. The fraction of sp³-hybridized carbons (Fsp3) is 0.438. The molecule has 1 aliphatic carbocycles. The summed E-state index contributed by atoms with van der Waals surface area (Å²) in [6.07, 6.45) is 3.82. The Kier molecular flexibility index (Phi) is 2.81. The number of benzene rings is 1. The maximum absolute atomic E-state index is 12.6. The molecule has 104 valence electrons. The molecule has 1 aromatic carbocycles. The molecule has 0 radical (unpaired) electrons. The number of hydrogen-bond donors (Lipinski definition) is 1. The average molecular weight is 286 g/mol. The van der Waals surface area contributed by atoms with Crippen molar-refractivity contribution in [2.45, 2.75) is 30.2 Å². The molecular weight excluding hydrogens is 268 g/mol. The highest BCUT2D eigenvalue weighted by atomic mass is 32.2. The molecular formula is C16H18N2OS. The molecule has 0 bridgehead atoms. The predicted octanol–water partition coefficient (Wildman–Crippen LogP) is 3.22. The van der Waals surface area contributed by atoms with Crippen LogP contribution in [-0.4, -0.2) is 16.4 Å². The van der Waals surface area contributed by atoms with Gasteiger partial charge in [-0.15, -0.1) is 11.8 Å². The molecule has 1 aliphatic heterocycles. The van der Waals surface area contributed by atoms with Crippen LogP contribution in [0.2, 0.25) is 0 Å². The number of nitrogens with one attached hydrogen (secondary N) is 1. The van der Waals surface area contributed by atoms with Crippen molar-refractivity contribution < 1.29 is 0 Å². The lowest BCUT2D eigenvalue weighted by molar-refractivity contribution is 0.623. The first-order valence-corrected chi connectivity index (χ1v) is 8.25. The number of thioether (sulfide) groups is 1. The first-order valence-electron chi connectivity index (χ1n) is 7.27. The van der Waals surface area contributed by atoms with Crippen LogP contribution in [0.4, 0.5) is 5.69 Å². The Balaban J connectivity index is 1.96. The highest BCUT2D eigenvalue weighted by Gasteiger charge is 2.33. The van der Waals surface area contributed by atoms with E-state index in [1.165, 1.54) is 18.2 Å². The molecule has 1 fully saturated rings. The minimum Gasteiger partial charge on any atom is -0.380 e. The molecule has 0 saturated heterocycles. The maximum atomic E-state index is 12.6. The van der Waals surface area contributed by atoms with E-state index in [2.05, 4.69) is 17.4 Å². The van der Waals surface area contributed by atoms with Crippen LogP contribution in [0.1, 0.15) is 19.3 Å². The summed E-state index contributed by atoms with van der Waals surface area (Å²) in [5.74, 6) is 1.85. The zero-order valence-corrected chi connectivity index (χ0v) is 12.4. The quantitative estimate of drug-likeness (QED) is 0.874. The van der Waals surface area contributed by atoms with E-state index in [-0.39, 0.29) is 5.56 Å². The molecule has 0 amide bonds. The van der Waals surface area contributed by atoms with Crippen molar-refractivity contribution in [2.75, 3.05) is 11.1 Å². The van der Waals surface area contributed by atoms with Gasteiger partial charge in [0.05, 0.1) is 16.1 Å². The molecule has 3 nitrogen and oxygen atoms in total. The van der Waals surface area contributed by atoms with E-state index in [0.29, 0.717) is 6.04 Å². The van der Waals surface area contributed by atoms with Crippen molar-refractivity contribution in [3.63, 3.8) is 0 Å². The number of rotatable bonds is 1. The van der Waals surface area contributed by atoms with Gasteiger partial charge in [-0.05, 0) is 31.2 Å². The lowest BCUT2D eigenvalue weighted by Crippen LogP contribution is -2.24. The van der Waals surface area contributed by atoms with Gasteiger partial charge in [-0.25, -0.2) is 0 Å². The zero-order valence-electron chi connectivity index (χ0n) is 11.6.